The zero-order valence-corrected chi connectivity index (χ0v) is 13.9. The second-order valence-corrected chi connectivity index (χ2v) is 6.94. The Balaban J connectivity index is 1.70. The molecule has 1 aliphatic heterocycles. The van der Waals surface area contributed by atoms with Gasteiger partial charge in [-0.15, -0.1) is 0 Å². The number of ether oxygens (including phenoxy) is 1. The number of aliphatic hydroxyl groups excluding tert-OH is 1. The van der Waals surface area contributed by atoms with Crippen LogP contribution < -0.4 is 4.74 Å². The highest BCUT2D eigenvalue weighted by Gasteiger charge is 2.36. The molecule has 2 aliphatic rings. The third-order valence-corrected chi connectivity index (χ3v) is 5.62. The predicted octanol–water partition coefficient (Wildman–Crippen LogP) is 3.93. The fraction of sp³-hybridized carbons (Fsp3) is 0.526. The van der Waals surface area contributed by atoms with Gasteiger partial charge in [0.1, 0.15) is 11.6 Å². The Morgan fingerprint density at radius 1 is 1.33 bits per heavy atom. The molecule has 5 heteroatoms. The maximum absolute atomic E-state index is 14.6. The van der Waals surface area contributed by atoms with Crippen molar-refractivity contribution >= 4 is 0 Å². The third kappa shape index (κ3) is 2.42. The Hall–Kier alpha value is -1.88. The summed E-state index contributed by atoms with van der Waals surface area (Å²) in [5.41, 5.74) is 2.26. The molecule has 0 spiro atoms. The van der Waals surface area contributed by atoms with Crippen LogP contribution in [0.1, 0.15) is 50.1 Å². The molecule has 2 atom stereocenters. The first kappa shape index (κ1) is 15.6. The molecule has 1 aromatic heterocycles. The number of aliphatic hydroxyl groups is 1. The molecule has 0 radical (unpaired) electrons. The highest BCUT2D eigenvalue weighted by molar-refractivity contribution is 5.75. The van der Waals surface area contributed by atoms with E-state index >= 15 is 0 Å². The number of nitrogens with zero attached hydrogens (tertiary/aromatic N) is 2. The monoisotopic (exact) mass is 330 g/mol. The standard InChI is InChI=1S/C19H23FN2O2/c1-24-17-8-7-13(20)18-14(22-11-21-10-15(22)19(17)18)9-16(23)12-5-3-2-4-6-12/h7-8,10-12,14,16,23H,2-6,9H2,1H3. The van der Waals surface area contributed by atoms with Gasteiger partial charge < -0.3 is 14.4 Å². The predicted molar refractivity (Wildman–Crippen MR) is 89.5 cm³/mol. The van der Waals surface area contributed by atoms with Gasteiger partial charge in [0.15, 0.2) is 0 Å². The maximum Gasteiger partial charge on any atom is 0.129 e. The van der Waals surface area contributed by atoms with Crippen LogP contribution in [0.25, 0.3) is 11.3 Å². The lowest BCUT2D eigenvalue weighted by molar-refractivity contribution is 0.0683. The van der Waals surface area contributed by atoms with Crippen molar-refractivity contribution in [2.75, 3.05) is 7.11 Å². The van der Waals surface area contributed by atoms with Crippen LogP contribution in [0.15, 0.2) is 24.7 Å². The summed E-state index contributed by atoms with van der Waals surface area (Å²) in [6, 6.07) is 2.90. The molecule has 1 saturated carbocycles. The summed E-state index contributed by atoms with van der Waals surface area (Å²) in [6.07, 6.45) is 9.33. The van der Waals surface area contributed by atoms with Gasteiger partial charge in [0.25, 0.3) is 0 Å². The van der Waals surface area contributed by atoms with Crippen molar-refractivity contribution in [1.82, 2.24) is 9.55 Å². The fourth-order valence-corrected chi connectivity index (χ4v) is 4.39. The van der Waals surface area contributed by atoms with Crippen LogP contribution in [0.5, 0.6) is 5.75 Å². The topological polar surface area (TPSA) is 47.3 Å². The average Bonchev–Trinajstić information content (AvgIpc) is 3.19. The minimum atomic E-state index is -0.415. The van der Waals surface area contributed by atoms with Crippen LogP contribution in [0, 0.1) is 11.7 Å². The van der Waals surface area contributed by atoms with Gasteiger partial charge in [-0.3, -0.25) is 0 Å². The number of hydrogen-bond acceptors (Lipinski definition) is 3. The van der Waals surface area contributed by atoms with E-state index in [4.69, 9.17) is 4.74 Å². The number of rotatable bonds is 4. The quantitative estimate of drug-likeness (QED) is 0.924. The zero-order chi connectivity index (χ0) is 16.7. The summed E-state index contributed by atoms with van der Waals surface area (Å²) in [5.74, 6) is 0.738. The lowest BCUT2D eigenvalue weighted by Gasteiger charge is -2.29. The van der Waals surface area contributed by atoms with E-state index in [1.165, 1.54) is 25.3 Å². The SMILES string of the molecule is COc1ccc(F)c2c1-c1cncn1C2CC(O)C1CCCCC1. The largest absolute Gasteiger partial charge is 0.496 e. The van der Waals surface area contributed by atoms with Crippen LogP contribution >= 0.6 is 0 Å². The van der Waals surface area contributed by atoms with Crippen LogP contribution in [0.2, 0.25) is 0 Å². The highest BCUT2D eigenvalue weighted by atomic mass is 19.1. The van der Waals surface area contributed by atoms with Crippen molar-refractivity contribution in [3.05, 3.63) is 36.0 Å². The first-order valence-electron chi connectivity index (χ1n) is 8.77. The van der Waals surface area contributed by atoms with Crippen LogP contribution in [-0.2, 0) is 0 Å². The molecule has 24 heavy (non-hydrogen) atoms. The molecule has 0 amide bonds. The smallest absolute Gasteiger partial charge is 0.129 e. The summed E-state index contributed by atoms with van der Waals surface area (Å²) >= 11 is 0. The van der Waals surface area contributed by atoms with Crippen molar-refractivity contribution in [2.45, 2.75) is 50.7 Å². The zero-order valence-electron chi connectivity index (χ0n) is 13.9. The van der Waals surface area contributed by atoms with Crippen LogP contribution in [0.4, 0.5) is 4.39 Å². The molecule has 4 rings (SSSR count). The van der Waals surface area contributed by atoms with Crippen molar-refractivity contribution < 1.29 is 14.2 Å². The summed E-state index contributed by atoms with van der Waals surface area (Å²) < 4.78 is 22.0. The molecule has 1 fully saturated rings. The van der Waals surface area contributed by atoms with E-state index in [1.54, 1.807) is 25.7 Å². The van der Waals surface area contributed by atoms with Crippen molar-refractivity contribution in [2.24, 2.45) is 5.92 Å². The Morgan fingerprint density at radius 2 is 2.12 bits per heavy atom. The molecule has 2 aromatic rings. The van der Waals surface area contributed by atoms with Gasteiger partial charge in [0.05, 0.1) is 43.0 Å². The molecule has 4 nitrogen and oxygen atoms in total. The lowest BCUT2D eigenvalue weighted by atomic mass is 9.82. The Kier molecular flexibility index (Phi) is 4.04. The number of benzene rings is 1. The first-order valence-corrected chi connectivity index (χ1v) is 8.77. The molecule has 0 saturated heterocycles. The minimum Gasteiger partial charge on any atom is -0.496 e. The Morgan fingerprint density at radius 3 is 2.88 bits per heavy atom. The van der Waals surface area contributed by atoms with E-state index < -0.39 is 6.10 Å². The van der Waals surface area contributed by atoms with E-state index in [9.17, 15) is 9.50 Å². The van der Waals surface area contributed by atoms with Gasteiger partial charge >= 0.3 is 0 Å². The number of imidazole rings is 1. The maximum atomic E-state index is 14.6. The van der Waals surface area contributed by atoms with Gasteiger partial charge in [0.2, 0.25) is 0 Å². The molecule has 1 aliphatic carbocycles. The molecular formula is C19H23FN2O2. The summed E-state index contributed by atoms with van der Waals surface area (Å²) in [5, 5.41) is 10.8. The normalized spacial score (nSPS) is 21.4. The van der Waals surface area contributed by atoms with E-state index in [0.717, 1.165) is 24.1 Å². The first-order chi connectivity index (χ1) is 11.7. The second kappa shape index (κ2) is 6.20. The molecule has 2 heterocycles. The molecule has 128 valence electrons. The van der Waals surface area contributed by atoms with E-state index in [2.05, 4.69) is 4.98 Å². The van der Waals surface area contributed by atoms with Crippen molar-refractivity contribution in [1.29, 1.82) is 0 Å². The number of methoxy groups -OCH3 is 1. The number of halogens is 1. The summed E-state index contributed by atoms with van der Waals surface area (Å²) in [7, 11) is 1.60. The van der Waals surface area contributed by atoms with Crippen LogP contribution in [-0.4, -0.2) is 27.9 Å². The van der Waals surface area contributed by atoms with Crippen molar-refractivity contribution in [3.8, 4) is 17.0 Å². The number of aromatic nitrogens is 2. The molecule has 1 N–H and O–H groups in total. The van der Waals surface area contributed by atoms with E-state index in [-0.39, 0.29) is 11.9 Å². The van der Waals surface area contributed by atoms with Crippen LogP contribution in [0.3, 0.4) is 0 Å². The van der Waals surface area contributed by atoms with Gasteiger partial charge in [-0.1, -0.05) is 19.3 Å². The Bertz CT molecular complexity index is 737. The lowest BCUT2D eigenvalue weighted by Crippen LogP contribution is -2.26. The molecular weight excluding hydrogens is 307 g/mol. The third-order valence-electron chi connectivity index (χ3n) is 5.62. The minimum absolute atomic E-state index is 0.218. The highest BCUT2D eigenvalue weighted by Crippen LogP contribution is 2.48. The molecule has 2 unspecified atom stereocenters. The summed E-state index contributed by atoms with van der Waals surface area (Å²) in [4.78, 5) is 4.22. The molecule has 0 bridgehead atoms. The average molecular weight is 330 g/mol. The summed E-state index contributed by atoms with van der Waals surface area (Å²) in [6.45, 7) is 0. The van der Waals surface area contributed by atoms with E-state index in [1.807, 2.05) is 4.57 Å². The fourth-order valence-electron chi connectivity index (χ4n) is 4.39. The number of fused-ring (bicyclic) bond motifs is 3. The van der Waals surface area contributed by atoms with E-state index in [0.29, 0.717) is 23.7 Å². The Labute approximate surface area is 141 Å². The van der Waals surface area contributed by atoms with Gasteiger partial charge in [-0.05, 0) is 37.3 Å². The van der Waals surface area contributed by atoms with Gasteiger partial charge in [-0.25, -0.2) is 9.37 Å². The molecule has 1 aromatic carbocycles. The van der Waals surface area contributed by atoms with Gasteiger partial charge in [0, 0.05) is 5.56 Å². The van der Waals surface area contributed by atoms with Crippen molar-refractivity contribution in [3.63, 3.8) is 0 Å². The number of hydrogen-bond donors (Lipinski definition) is 1. The van der Waals surface area contributed by atoms with Gasteiger partial charge in [-0.2, -0.15) is 0 Å². The second-order valence-electron chi connectivity index (χ2n) is 6.94.